The summed E-state index contributed by atoms with van der Waals surface area (Å²) in [7, 11) is 0. The molecule has 1 aromatic rings. The van der Waals surface area contributed by atoms with Crippen molar-refractivity contribution in [3.8, 4) is 0 Å². The summed E-state index contributed by atoms with van der Waals surface area (Å²) in [6.07, 6.45) is -3.32. The Balaban J connectivity index is 2.30. The molecular formula is C8H10IN3O6. The van der Waals surface area contributed by atoms with Crippen molar-refractivity contribution >= 4 is 28.4 Å². The van der Waals surface area contributed by atoms with Gasteiger partial charge in [0.15, 0.2) is 9.93 Å². The predicted octanol–water partition coefficient (Wildman–Crippen LogP) is -0.993. The van der Waals surface area contributed by atoms with Gasteiger partial charge in [-0.15, -0.1) is 0 Å². The van der Waals surface area contributed by atoms with E-state index in [2.05, 4.69) is 4.98 Å². The van der Waals surface area contributed by atoms with Crippen LogP contribution in [0.5, 0.6) is 0 Å². The summed E-state index contributed by atoms with van der Waals surface area (Å²) in [5.41, 5.74) is 0. The van der Waals surface area contributed by atoms with E-state index >= 15 is 0 Å². The Labute approximate surface area is 114 Å². The summed E-state index contributed by atoms with van der Waals surface area (Å²) in [6.45, 7) is -0.456. The van der Waals surface area contributed by atoms with E-state index in [1.807, 2.05) is 0 Å². The summed E-state index contributed by atoms with van der Waals surface area (Å²) in [5, 5.41) is 39.0. The molecule has 1 fully saturated rings. The summed E-state index contributed by atoms with van der Waals surface area (Å²) < 4.78 is 6.67. The minimum atomic E-state index is -1.29. The maximum absolute atomic E-state index is 10.6. The first-order valence-corrected chi connectivity index (χ1v) is 6.04. The first-order valence-electron chi connectivity index (χ1n) is 4.96. The second-order valence-corrected chi connectivity index (χ2v) is 4.77. The third kappa shape index (κ3) is 2.09. The zero-order valence-corrected chi connectivity index (χ0v) is 11.0. The van der Waals surface area contributed by atoms with E-state index < -0.39 is 36.1 Å². The number of halogens is 1. The van der Waals surface area contributed by atoms with E-state index in [1.165, 1.54) is 4.57 Å². The Morgan fingerprint density at radius 2 is 2.22 bits per heavy atom. The average molecular weight is 371 g/mol. The van der Waals surface area contributed by atoms with E-state index in [-0.39, 0.29) is 9.52 Å². The number of nitrogens with zero attached hydrogens (tertiary/aromatic N) is 3. The Kier molecular flexibility index (Phi) is 3.82. The SMILES string of the molecule is O=[N+]([O-])c1ncn([C@@H]2O[C@H](CO)[C@@H](O)[C@H]2O)c1I. The molecule has 1 aliphatic heterocycles. The van der Waals surface area contributed by atoms with Crippen LogP contribution in [0.25, 0.3) is 0 Å². The van der Waals surface area contributed by atoms with Crippen molar-refractivity contribution in [2.24, 2.45) is 0 Å². The molecule has 0 bridgehead atoms. The first-order chi connectivity index (χ1) is 8.47. The van der Waals surface area contributed by atoms with Crippen LogP contribution in [0.4, 0.5) is 5.82 Å². The molecule has 0 saturated carbocycles. The number of hydrogen-bond donors (Lipinski definition) is 3. The van der Waals surface area contributed by atoms with Gasteiger partial charge in [-0.25, -0.2) is 0 Å². The van der Waals surface area contributed by atoms with Crippen LogP contribution in [0.2, 0.25) is 0 Å². The normalized spacial score (nSPS) is 31.8. The van der Waals surface area contributed by atoms with Gasteiger partial charge in [0.1, 0.15) is 18.3 Å². The van der Waals surface area contributed by atoms with E-state index in [0.717, 1.165) is 6.33 Å². The fraction of sp³-hybridized carbons (Fsp3) is 0.625. The van der Waals surface area contributed by atoms with Gasteiger partial charge in [0.05, 0.1) is 6.61 Å². The van der Waals surface area contributed by atoms with Crippen molar-refractivity contribution in [2.45, 2.75) is 24.5 Å². The quantitative estimate of drug-likeness (QED) is 0.353. The molecule has 0 aliphatic carbocycles. The monoisotopic (exact) mass is 371 g/mol. The molecule has 0 unspecified atom stereocenters. The zero-order chi connectivity index (χ0) is 13.4. The topological polar surface area (TPSA) is 131 Å². The molecule has 0 spiro atoms. The highest BCUT2D eigenvalue weighted by Gasteiger charge is 2.45. The summed E-state index contributed by atoms with van der Waals surface area (Å²) in [4.78, 5) is 13.6. The van der Waals surface area contributed by atoms with E-state index in [4.69, 9.17) is 9.84 Å². The Bertz CT molecular complexity index is 466. The zero-order valence-electron chi connectivity index (χ0n) is 8.88. The van der Waals surface area contributed by atoms with Crippen molar-refractivity contribution < 1.29 is 25.0 Å². The number of hydrogen-bond acceptors (Lipinski definition) is 7. The van der Waals surface area contributed by atoms with Gasteiger partial charge in [0, 0.05) is 0 Å². The molecule has 4 atom stereocenters. The lowest BCUT2D eigenvalue weighted by Gasteiger charge is -2.15. The molecule has 0 amide bonds. The third-order valence-electron chi connectivity index (χ3n) is 2.68. The van der Waals surface area contributed by atoms with Crippen molar-refractivity contribution in [1.29, 1.82) is 0 Å². The summed E-state index contributed by atoms with van der Waals surface area (Å²) >= 11 is 1.70. The van der Waals surface area contributed by atoms with E-state index in [1.54, 1.807) is 22.6 Å². The lowest BCUT2D eigenvalue weighted by molar-refractivity contribution is -0.390. The standard InChI is InChI=1S/C8H10IN3O6/c9-6-7(12(16)17)10-2-11(6)8-5(15)4(14)3(1-13)18-8/h2-5,8,13-15H,1H2/t3-,4-,5-,8-/m1/s1. The molecule has 2 rings (SSSR count). The number of nitro groups is 1. The summed E-state index contributed by atoms with van der Waals surface area (Å²) in [6, 6.07) is 0. The van der Waals surface area contributed by atoms with Gasteiger partial charge < -0.3 is 30.2 Å². The number of aromatic nitrogens is 2. The Morgan fingerprint density at radius 3 is 2.67 bits per heavy atom. The van der Waals surface area contributed by atoms with Crippen molar-refractivity contribution in [3.05, 3.63) is 20.1 Å². The van der Waals surface area contributed by atoms with Crippen LogP contribution < -0.4 is 0 Å². The molecule has 1 aromatic heterocycles. The maximum Gasteiger partial charge on any atom is 0.395 e. The Hall–Kier alpha value is -0.820. The molecule has 0 radical (unpaired) electrons. The molecule has 3 N–H and O–H groups in total. The molecule has 1 aliphatic rings. The lowest BCUT2D eigenvalue weighted by Crippen LogP contribution is -2.33. The second-order valence-electron chi connectivity index (χ2n) is 3.75. The van der Waals surface area contributed by atoms with Gasteiger partial charge in [-0.3, -0.25) is 4.57 Å². The molecular weight excluding hydrogens is 361 g/mol. The van der Waals surface area contributed by atoms with Crippen LogP contribution in [0, 0.1) is 13.8 Å². The van der Waals surface area contributed by atoms with Crippen LogP contribution in [0.1, 0.15) is 6.23 Å². The Morgan fingerprint density at radius 1 is 1.56 bits per heavy atom. The van der Waals surface area contributed by atoms with E-state index in [0.29, 0.717) is 0 Å². The third-order valence-corrected chi connectivity index (χ3v) is 3.72. The van der Waals surface area contributed by atoms with Gasteiger partial charge in [-0.2, -0.15) is 0 Å². The number of imidazole rings is 1. The minimum absolute atomic E-state index is 0.174. The highest BCUT2D eigenvalue weighted by Crippen LogP contribution is 2.32. The second kappa shape index (κ2) is 5.05. The smallest absolute Gasteiger partial charge is 0.394 e. The maximum atomic E-state index is 10.6. The first kappa shape index (κ1) is 13.6. The van der Waals surface area contributed by atoms with Crippen LogP contribution in [0.3, 0.4) is 0 Å². The van der Waals surface area contributed by atoms with Crippen molar-refractivity contribution in [3.63, 3.8) is 0 Å². The number of aliphatic hydroxyl groups is 3. The summed E-state index contributed by atoms with van der Waals surface area (Å²) in [5.74, 6) is -0.353. The molecule has 9 nitrogen and oxygen atoms in total. The van der Waals surface area contributed by atoms with Crippen LogP contribution in [0.15, 0.2) is 6.33 Å². The minimum Gasteiger partial charge on any atom is -0.394 e. The molecule has 0 aromatic carbocycles. The van der Waals surface area contributed by atoms with Crippen LogP contribution >= 0.6 is 22.6 Å². The largest absolute Gasteiger partial charge is 0.395 e. The fourth-order valence-electron chi connectivity index (χ4n) is 1.75. The molecule has 1 saturated heterocycles. The number of rotatable bonds is 3. The molecule has 2 heterocycles. The van der Waals surface area contributed by atoms with Crippen LogP contribution in [-0.2, 0) is 4.74 Å². The van der Waals surface area contributed by atoms with Crippen molar-refractivity contribution in [2.75, 3.05) is 6.61 Å². The lowest BCUT2D eigenvalue weighted by atomic mass is 10.1. The molecule has 10 heteroatoms. The fourth-order valence-corrected chi connectivity index (χ4v) is 2.48. The van der Waals surface area contributed by atoms with Gasteiger partial charge in [-0.1, -0.05) is 0 Å². The van der Waals surface area contributed by atoms with Gasteiger partial charge in [-0.05, 0) is 32.5 Å². The number of aliphatic hydroxyl groups excluding tert-OH is 3. The van der Waals surface area contributed by atoms with Gasteiger partial charge in [0.2, 0.25) is 6.33 Å². The highest BCUT2D eigenvalue weighted by molar-refractivity contribution is 14.1. The molecule has 100 valence electrons. The van der Waals surface area contributed by atoms with Crippen molar-refractivity contribution in [1.82, 2.24) is 9.55 Å². The predicted molar refractivity (Wildman–Crippen MR) is 64.6 cm³/mol. The van der Waals surface area contributed by atoms with E-state index in [9.17, 15) is 20.3 Å². The molecule has 18 heavy (non-hydrogen) atoms. The average Bonchev–Trinajstić information content (AvgIpc) is 2.82. The number of ether oxygens (including phenoxy) is 1. The van der Waals surface area contributed by atoms with Gasteiger partial charge in [0.25, 0.3) is 0 Å². The van der Waals surface area contributed by atoms with Gasteiger partial charge >= 0.3 is 5.82 Å². The van der Waals surface area contributed by atoms with Crippen LogP contribution in [-0.4, -0.2) is 54.7 Å². The highest BCUT2D eigenvalue weighted by atomic mass is 127.